The van der Waals surface area contributed by atoms with Gasteiger partial charge in [-0.05, 0) is 50.0 Å². The molecular weight excluding hydrogens is 328 g/mol. The minimum atomic E-state index is -0.259. The highest BCUT2D eigenvalue weighted by Crippen LogP contribution is 2.10. The van der Waals surface area contributed by atoms with E-state index >= 15 is 0 Å². The fourth-order valence-electron chi connectivity index (χ4n) is 2.73. The fourth-order valence-corrected chi connectivity index (χ4v) is 2.73. The Balaban J connectivity index is 0.00000208. The molecule has 1 unspecified atom stereocenters. The maximum Gasteiger partial charge on any atom is 0.271 e. The summed E-state index contributed by atoms with van der Waals surface area (Å²) in [6.07, 6.45) is 2.12. The molecule has 1 aliphatic rings. The molecule has 1 aromatic carbocycles. The van der Waals surface area contributed by atoms with Crippen molar-refractivity contribution in [2.75, 3.05) is 19.6 Å². The number of amides is 1. The minimum absolute atomic E-state index is 0. The van der Waals surface area contributed by atoms with Gasteiger partial charge in [-0.25, -0.2) is 0 Å². The predicted octanol–water partition coefficient (Wildman–Crippen LogP) is 1.38. The van der Waals surface area contributed by atoms with Gasteiger partial charge >= 0.3 is 0 Å². The third kappa shape index (κ3) is 4.43. The summed E-state index contributed by atoms with van der Waals surface area (Å²) in [7, 11) is 0. The number of rotatable bonds is 5. The van der Waals surface area contributed by atoms with E-state index in [1.54, 1.807) is 12.1 Å². The molecule has 1 atom stereocenters. The van der Waals surface area contributed by atoms with Gasteiger partial charge in [0, 0.05) is 12.6 Å². The Kier molecular flexibility index (Phi) is 6.52. The fraction of sp³-hybridized carbons (Fsp3) is 0.353. The Hall–Kier alpha value is -2.18. The van der Waals surface area contributed by atoms with Crippen LogP contribution in [-0.2, 0) is 0 Å². The number of nitrogens with zero attached hydrogens (tertiary/aromatic N) is 2. The average Bonchev–Trinajstić information content (AvgIpc) is 3.09. The molecule has 24 heavy (non-hydrogen) atoms. The smallest absolute Gasteiger partial charge is 0.271 e. The quantitative estimate of drug-likeness (QED) is 0.856. The molecule has 2 aromatic rings. The number of hydrogen-bond donors (Lipinski definition) is 2. The van der Waals surface area contributed by atoms with E-state index in [4.69, 9.17) is 0 Å². The predicted molar refractivity (Wildman–Crippen MR) is 95.0 cm³/mol. The van der Waals surface area contributed by atoms with Crippen molar-refractivity contribution in [3.05, 3.63) is 58.5 Å². The lowest BCUT2D eigenvalue weighted by molar-refractivity contribution is 0.0945. The first-order valence-corrected chi connectivity index (χ1v) is 7.89. The van der Waals surface area contributed by atoms with Crippen LogP contribution in [0, 0.1) is 5.92 Å². The second kappa shape index (κ2) is 8.61. The summed E-state index contributed by atoms with van der Waals surface area (Å²) in [5, 5.41) is 10.4. The first-order valence-electron chi connectivity index (χ1n) is 7.89. The highest BCUT2D eigenvalue weighted by atomic mass is 35.5. The van der Waals surface area contributed by atoms with E-state index in [1.165, 1.54) is 16.8 Å². The van der Waals surface area contributed by atoms with Crippen LogP contribution in [0.3, 0.4) is 0 Å². The molecule has 2 heterocycles. The third-order valence-electron chi connectivity index (χ3n) is 4.03. The first kappa shape index (κ1) is 18.2. The first-order chi connectivity index (χ1) is 11.2. The molecule has 1 fully saturated rings. The Morgan fingerprint density at radius 3 is 2.75 bits per heavy atom. The van der Waals surface area contributed by atoms with E-state index in [2.05, 4.69) is 15.7 Å². The van der Waals surface area contributed by atoms with Crippen molar-refractivity contribution in [2.24, 2.45) is 5.92 Å². The van der Waals surface area contributed by atoms with E-state index in [1.807, 2.05) is 18.2 Å². The van der Waals surface area contributed by atoms with Gasteiger partial charge in [-0.2, -0.15) is 9.78 Å². The van der Waals surface area contributed by atoms with Gasteiger partial charge in [0.15, 0.2) is 0 Å². The molecule has 7 heteroatoms. The minimum Gasteiger partial charge on any atom is -0.351 e. The van der Waals surface area contributed by atoms with Crippen LogP contribution in [0.15, 0.2) is 47.3 Å². The maximum absolute atomic E-state index is 12.2. The Morgan fingerprint density at radius 2 is 2.04 bits per heavy atom. The molecular formula is C17H21ClN4O2. The van der Waals surface area contributed by atoms with Crippen LogP contribution in [0.5, 0.6) is 0 Å². The average molecular weight is 349 g/mol. The molecule has 0 bridgehead atoms. The van der Waals surface area contributed by atoms with Crippen LogP contribution in [0.1, 0.15) is 23.3 Å². The van der Waals surface area contributed by atoms with Crippen molar-refractivity contribution >= 4 is 18.3 Å². The molecule has 0 aliphatic carbocycles. The molecule has 128 valence electrons. The summed E-state index contributed by atoms with van der Waals surface area (Å²) >= 11 is 0. The standard InChI is InChI=1S/C17H20N4O2.ClH/c22-16-7-6-15(20-21(16)14-4-2-1-3-5-14)17(23)19-11-9-13-8-10-18-12-13;/h1-7,13,18H,8-12H2,(H,19,23);1H. The Labute approximate surface area is 146 Å². The number of para-hydroxylation sites is 1. The molecule has 0 spiro atoms. The maximum atomic E-state index is 12.2. The van der Waals surface area contributed by atoms with Crippen molar-refractivity contribution in [1.82, 2.24) is 20.4 Å². The van der Waals surface area contributed by atoms with Gasteiger partial charge in [-0.15, -0.1) is 12.4 Å². The van der Waals surface area contributed by atoms with Crippen molar-refractivity contribution in [3.63, 3.8) is 0 Å². The highest BCUT2D eigenvalue weighted by Gasteiger charge is 2.15. The summed E-state index contributed by atoms with van der Waals surface area (Å²) in [4.78, 5) is 24.2. The lowest BCUT2D eigenvalue weighted by Gasteiger charge is -2.10. The van der Waals surface area contributed by atoms with Gasteiger partial charge in [0.2, 0.25) is 0 Å². The third-order valence-corrected chi connectivity index (χ3v) is 4.03. The van der Waals surface area contributed by atoms with Crippen LogP contribution in [0.25, 0.3) is 5.69 Å². The van der Waals surface area contributed by atoms with Crippen LogP contribution < -0.4 is 16.2 Å². The van der Waals surface area contributed by atoms with Crippen molar-refractivity contribution in [2.45, 2.75) is 12.8 Å². The number of aromatic nitrogens is 2. The Morgan fingerprint density at radius 1 is 1.25 bits per heavy atom. The van der Waals surface area contributed by atoms with Crippen LogP contribution in [0.2, 0.25) is 0 Å². The van der Waals surface area contributed by atoms with Crippen LogP contribution in [0.4, 0.5) is 0 Å². The van der Waals surface area contributed by atoms with E-state index in [9.17, 15) is 9.59 Å². The second-order valence-electron chi connectivity index (χ2n) is 5.71. The molecule has 3 rings (SSSR count). The molecule has 1 aromatic heterocycles. The van der Waals surface area contributed by atoms with Crippen molar-refractivity contribution in [1.29, 1.82) is 0 Å². The van der Waals surface area contributed by atoms with Crippen molar-refractivity contribution in [3.8, 4) is 5.69 Å². The van der Waals surface area contributed by atoms with Gasteiger partial charge in [-0.1, -0.05) is 18.2 Å². The second-order valence-corrected chi connectivity index (χ2v) is 5.71. The number of carbonyl (C=O) groups is 1. The number of nitrogens with one attached hydrogen (secondary N) is 2. The van der Waals surface area contributed by atoms with Crippen LogP contribution in [-0.4, -0.2) is 35.3 Å². The zero-order valence-corrected chi connectivity index (χ0v) is 14.1. The van der Waals surface area contributed by atoms with Gasteiger partial charge < -0.3 is 10.6 Å². The summed E-state index contributed by atoms with van der Waals surface area (Å²) in [5.41, 5.74) is 0.631. The normalized spacial score (nSPS) is 16.4. The largest absolute Gasteiger partial charge is 0.351 e. The molecule has 1 saturated heterocycles. The molecule has 1 amide bonds. The SMILES string of the molecule is Cl.O=C(NCCC1CCNC1)c1ccc(=O)n(-c2ccccc2)n1. The summed E-state index contributed by atoms with van der Waals surface area (Å²) in [5.74, 6) is 0.377. The topological polar surface area (TPSA) is 76.0 Å². The summed E-state index contributed by atoms with van der Waals surface area (Å²) < 4.78 is 1.25. The molecule has 0 radical (unpaired) electrons. The Bertz CT molecular complexity index is 727. The molecule has 2 N–H and O–H groups in total. The zero-order chi connectivity index (χ0) is 16.1. The van der Waals surface area contributed by atoms with Gasteiger partial charge in [0.05, 0.1) is 5.69 Å². The van der Waals surface area contributed by atoms with Gasteiger partial charge in [0.1, 0.15) is 5.69 Å². The number of hydrogen-bond acceptors (Lipinski definition) is 4. The lowest BCUT2D eigenvalue weighted by atomic mass is 10.1. The molecule has 6 nitrogen and oxygen atoms in total. The highest BCUT2D eigenvalue weighted by molar-refractivity contribution is 5.92. The monoisotopic (exact) mass is 348 g/mol. The van der Waals surface area contributed by atoms with E-state index in [0.29, 0.717) is 18.2 Å². The van der Waals surface area contributed by atoms with Crippen molar-refractivity contribution < 1.29 is 4.79 Å². The van der Waals surface area contributed by atoms with E-state index < -0.39 is 0 Å². The number of benzene rings is 1. The van der Waals surface area contributed by atoms with E-state index in [0.717, 1.165) is 25.9 Å². The zero-order valence-electron chi connectivity index (χ0n) is 13.3. The van der Waals surface area contributed by atoms with Gasteiger partial charge in [-0.3, -0.25) is 9.59 Å². The lowest BCUT2D eigenvalue weighted by Crippen LogP contribution is -2.30. The number of carbonyl (C=O) groups excluding carboxylic acids is 1. The van der Waals surface area contributed by atoms with Gasteiger partial charge in [0.25, 0.3) is 11.5 Å². The summed E-state index contributed by atoms with van der Waals surface area (Å²) in [6, 6.07) is 11.9. The molecule has 1 aliphatic heterocycles. The van der Waals surface area contributed by atoms with E-state index in [-0.39, 0.29) is 29.6 Å². The molecule has 0 saturated carbocycles. The van der Waals surface area contributed by atoms with Crippen LogP contribution >= 0.6 is 12.4 Å². The summed E-state index contributed by atoms with van der Waals surface area (Å²) in [6.45, 7) is 2.70. The number of halogens is 1.